The molecule has 119 valence electrons. The first kappa shape index (κ1) is 25.8. The summed E-state index contributed by atoms with van der Waals surface area (Å²) in [6, 6.07) is 0. The van der Waals surface area contributed by atoms with Crippen molar-refractivity contribution in [1.29, 1.82) is 0 Å². The van der Waals surface area contributed by atoms with Gasteiger partial charge in [0.25, 0.3) is 0 Å². The summed E-state index contributed by atoms with van der Waals surface area (Å²) in [5, 5.41) is 0. The molecule has 0 aliphatic carbocycles. The van der Waals surface area contributed by atoms with Crippen LogP contribution in [-0.4, -0.2) is 0 Å². The first-order valence-corrected chi connectivity index (χ1v) is 7.96. The molecule has 0 saturated heterocycles. The van der Waals surface area contributed by atoms with E-state index < -0.39 is 0 Å². The Morgan fingerprint density at radius 2 is 1.45 bits per heavy atom. The second kappa shape index (κ2) is 13.5. The van der Waals surface area contributed by atoms with E-state index in [4.69, 9.17) is 0 Å². The summed E-state index contributed by atoms with van der Waals surface area (Å²) in [7, 11) is 0. The molecule has 0 rings (SSSR count). The van der Waals surface area contributed by atoms with E-state index in [-0.39, 0.29) is 32.7 Å². The molecule has 0 fully saturated rings. The Hall–Kier alpha value is 0.844. The van der Waals surface area contributed by atoms with Gasteiger partial charge in [0.1, 0.15) is 0 Å². The van der Waals surface area contributed by atoms with Gasteiger partial charge < -0.3 is 6.92 Å². The Kier molecular flexibility index (Phi) is 17.4. The summed E-state index contributed by atoms with van der Waals surface area (Å²) >= 11 is 0. The molecule has 0 saturated carbocycles. The quantitative estimate of drug-likeness (QED) is 0.353. The molecule has 0 N–H and O–H groups in total. The molecule has 0 unspecified atom stereocenters. The van der Waals surface area contributed by atoms with Crippen molar-refractivity contribution < 1.29 is 32.7 Å². The van der Waals surface area contributed by atoms with Gasteiger partial charge in [0.2, 0.25) is 0 Å². The summed E-state index contributed by atoms with van der Waals surface area (Å²) in [6.07, 6.45) is 4.91. The smallest absolute Gasteiger partial charge is 0 e. The largest absolute Gasteiger partial charge is 0.343 e. The first-order valence-electron chi connectivity index (χ1n) is 7.96. The van der Waals surface area contributed by atoms with Gasteiger partial charge in [-0.2, -0.15) is 6.42 Å². The van der Waals surface area contributed by atoms with Crippen molar-refractivity contribution in [2.24, 2.45) is 17.3 Å². The maximum absolute atomic E-state index is 3.85. The van der Waals surface area contributed by atoms with Crippen LogP contribution >= 0.6 is 0 Å². The van der Waals surface area contributed by atoms with Crippen LogP contribution in [0.5, 0.6) is 0 Å². The number of hydrogen-bond donors (Lipinski definition) is 0. The van der Waals surface area contributed by atoms with Gasteiger partial charge in [-0.1, -0.05) is 65.5 Å². The Labute approximate surface area is 155 Å². The Morgan fingerprint density at radius 1 is 1.00 bits per heavy atom. The van der Waals surface area contributed by atoms with E-state index in [0.717, 1.165) is 18.3 Å². The maximum Gasteiger partial charge on any atom is 0 e. The standard InChI is InChI=1S/C10H21.C9H18.Y/c1-6-7-8-10(4,5)9(2)3;1-7(2)6-9(5)8(3)4;/h9H,1,6-8H2,2-5H3;7H,6H2,1-5H3;/q-1;;. The molecular formula is C19H39Y-. The molecule has 0 spiro atoms. The zero-order chi connectivity index (χ0) is 15.6. The average molecular weight is 356 g/mol. The molecule has 0 aliphatic heterocycles. The molecule has 0 aromatic rings. The van der Waals surface area contributed by atoms with Gasteiger partial charge in [-0.25, -0.2) is 0 Å². The number of unbranched alkanes of at least 4 members (excludes halogenated alkanes) is 1. The van der Waals surface area contributed by atoms with E-state index in [1.165, 1.54) is 24.8 Å². The van der Waals surface area contributed by atoms with Crippen LogP contribution in [0.25, 0.3) is 0 Å². The van der Waals surface area contributed by atoms with Gasteiger partial charge in [0.15, 0.2) is 0 Å². The molecule has 0 aromatic heterocycles. The molecule has 0 nitrogen and oxygen atoms in total. The minimum absolute atomic E-state index is 0. The van der Waals surface area contributed by atoms with E-state index in [0.29, 0.717) is 5.41 Å². The van der Waals surface area contributed by atoms with Crippen LogP contribution in [0.1, 0.15) is 88.0 Å². The normalized spacial score (nSPS) is 10.8. The van der Waals surface area contributed by atoms with Gasteiger partial charge in [-0.3, -0.25) is 0 Å². The van der Waals surface area contributed by atoms with Crippen LogP contribution in [0.2, 0.25) is 0 Å². The predicted octanol–water partition coefficient (Wildman–Crippen LogP) is 7.06. The molecule has 0 heterocycles. The van der Waals surface area contributed by atoms with Crippen molar-refractivity contribution in [3.05, 3.63) is 18.1 Å². The zero-order valence-electron chi connectivity index (χ0n) is 15.8. The van der Waals surface area contributed by atoms with Gasteiger partial charge >= 0.3 is 0 Å². The molecule has 1 heteroatoms. The minimum Gasteiger partial charge on any atom is -0.343 e. The third kappa shape index (κ3) is 15.2. The SMILES string of the molecule is CC(C)=C(C)CC(C)C.[CH2-]CCCC(C)(C)C(C)C.[Y]. The van der Waals surface area contributed by atoms with Crippen molar-refractivity contribution in [3.63, 3.8) is 0 Å². The maximum atomic E-state index is 3.85. The molecular weight excluding hydrogens is 317 g/mol. The van der Waals surface area contributed by atoms with Crippen molar-refractivity contribution in [1.82, 2.24) is 0 Å². The van der Waals surface area contributed by atoms with E-state index >= 15 is 0 Å². The van der Waals surface area contributed by atoms with E-state index in [2.05, 4.69) is 69.2 Å². The van der Waals surface area contributed by atoms with Crippen LogP contribution in [-0.2, 0) is 32.7 Å². The third-order valence-electron chi connectivity index (χ3n) is 4.20. The van der Waals surface area contributed by atoms with Crippen molar-refractivity contribution in [2.75, 3.05) is 0 Å². The summed E-state index contributed by atoms with van der Waals surface area (Å²) in [5.41, 5.74) is 3.53. The molecule has 0 aliphatic rings. The Balaban J connectivity index is -0.000000277. The fourth-order valence-electron chi connectivity index (χ4n) is 1.69. The number of rotatable bonds is 6. The summed E-state index contributed by atoms with van der Waals surface area (Å²) in [4.78, 5) is 0. The van der Waals surface area contributed by atoms with Crippen LogP contribution in [0.3, 0.4) is 0 Å². The average Bonchev–Trinajstić information content (AvgIpc) is 2.26. The third-order valence-corrected chi connectivity index (χ3v) is 4.20. The first-order chi connectivity index (χ1) is 8.54. The fraction of sp³-hybridized carbons (Fsp3) is 0.842. The monoisotopic (exact) mass is 356 g/mol. The van der Waals surface area contributed by atoms with E-state index in [1.54, 1.807) is 5.57 Å². The van der Waals surface area contributed by atoms with Crippen LogP contribution in [0, 0.1) is 24.2 Å². The fourth-order valence-corrected chi connectivity index (χ4v) is 1.69. The number of allylic oxidation sites excluding steroid dienone is 2. The second-order valence-corrected chi connectivity index (χ2v) is 7.48. The van der Waals surface area contributed by atoms with Crippen molar-refractivity contribution >= 4 is 0 Å². The zero-order valence-corrected chi connectivity index (χ0v) is 18.6. The summed E-state index contributed by atoms with van der Waals surface area (Å²) in [5.74, 6) is 1.60. The second-order valence-electron chi connectivity index (χ2n) is 7.48. The predicted molar refractivity (Wildman–Crippen MR) is 91.3 cm³/mol. The Morgan fingerprint density at radius 3 is 1.65 bits per heavy atom. The van der Waals surface area contributed by atoms with Gasteiger partial charge in [-0.05, 0) is 44.4 Å². The Bertz CT molecular complexity index is 242. The molecule has 1 radical (unpaired) electrons. The van der Waals surface area contributed by atoms with Gasteiger partial charge in [0.05, 0.1) is 0 Å². The van der Waals surface area contributed by atoms with E-state index in [9.17, 15) is 0 Å². The molecule has 20 heavy (non-hydrogen) atoms. The topological polar surface area (TPSA) is 0 Å². The minimum atomic E-state index is 0. The van der Waals surface area contributed by atoms with Crippen molar-refractivity contribution in [3.8, 4) is 0 Å². The molecule has 0 amide bonds. The van der Waals surface area contributed by atoms with Gasteiger partial charge in [0, 0.05) is 32.7 Å². The van der Waals surface area contributed by atoms with Crippen molar-refractivity contribution in [2.45, 2.75) is 88.0 Å². The summed E-state index contributed by atoms with van der Waals surface area (Å²) < 4.78 is 0. The van der Waals surface area contributed by atoms with Crippen LogP contribution < -0.4 is 0 Å². The molecule has 0 atom stereocenters. The summed E-state index contributed by atoms with van der Waals surface area (Å²) in [6.45, 7) is 24.2. The van der Waals surface area contributed by atoms with Crippen LogP contribution in [0.15, 0.2) is 11.1 Å². The molecule has 0 aromatic carbocycles. The number of hydrogen-bond acceptors (Lipinski definition) is 0. The van der Waals surface area contributed by atoms with E-state index in [1.807, 2.05) is 0 Å². The van der Waals surface area contributed by atoms with Gasteiger partial charge in [-0.15, -0.1) is 0 Å². The van der Waals surface area contributed by atoms with Crippen LogP contribution in [0.4, 0.5) is 0 Å². The molecule has 0 bridgehead atoms.